The average Bonchev–Trinajstić information content (AvgIpc) is 3.56. The number of fused-ring (bicyclic) bond motifs is 1. The van der Waals surface area contributed by atoms with Gasteiger partial charge in [0, 0.05) is 31.1 Å². The zero-order valence-corrected chi connectivity index (χ0v) is 21.6. The summed E-state index contributed by atoms with van der Waals surface area (Å²) >= 11 is 6.33. The quantitative estimate of drug-likeness (QED) is 0.164. The van der Waals surface area contributed by atoms with Gasteiger partial charge >= 0.3 is 0 Å². The summed E-state index contributed by atoms with van der Waals surface area (Å²) in [5.41, 5.74) is 9.50. The Morgan fingerprint density at radius 2 is 1.89 bits per heavy atom. The molecule has 8 nitrogen and oxygen atoms in total. The molecule has 2 saturated carbocycles. The predicted molar refractivity (Wildman–Crippen MR) is 141 cm³/mol. The van der Waals surface area contributed by atoms with Crippen LogP contribution in [0.3, 0.4) is 0 Å². The summed E-state index contributed by atoms with van der Waals surface area (Å²) in [4.78, 5) is 14.3. The van der Waals surface area contributed by atoms with Crippen LogP contribution in [0.15, 0.2) is 29.7 Å². The number of nitrogens with zero attached hydrogens (tertiary/aromatic N) is 5. The van der Waals surface area contributed by atoms with Crippen molar-refractivity contribution in [3.8, 4) is 11.3 Å². The SMILES string of the molecule is CCOC(c1nc2cc(/C(N)=N/O)nc(-c3cncc(Cl)c3)c2n1CC1CCCCC1)C1CCCC1. The van der Waals surface area contributed by atoms with Gasteiger partial charge in [0.2, 0.25) is 0 Å². The zero-order chi connectivity index (χ0) is 25.1. The maximum absolute atomic E-state index is 9.39. The standard InChI is InChI=1S/C27H35ClN6O2/c1-2-36-25(18-10-6-7-11-18)27-32-21-13-22(26(29)33-35)31-23(19-12-20(28)15-30-14-19)24(21)34(27)16-17-8-4-3-5-9-17/h12-15,17-18,25,35H,2-11,16H2,1H3,(H2,29,33). The number of imidazole rings is 1. The lowest BCUT2D eigenvalue weighted by Gasteiger charge is -2.27. The Hall–Kier alpha value is -2.71. The minimum atomic E-state index is -0.0777. The Bertz CT molecular complexity index is 1230. The van der Waals surface area contributed by atoms with E-state index in [9.17, 15) is 5.21 Å². The highest BCUT2D eigenvalue weighted by atomic mass is 35.5. The summed E-state index contributed by atoms with van der Waals surface area (Å²) in [7, 11) is 0. The Kier molecular flexibility index (Phi) is 7.72. The first-order chi connectivity index (χ1) is 17.6. The summed E-state index contributed by atoms with van der Waals surface area (Å²) in [6, 6.07) is 3.66. The van der Waals surface area contributed by atoms with Gasteiger partial charge in [-0.3, -0.25) is 4.98 Å². The molecule has 9 heteroatoms. The Morgan fingerprint density at radius 3 is 2.58 bits per heavy atom. The Morgan fingerprint density at radius 1 is 1.14 bits per heavy atom. The van der Waals surface area contributed by atoms with Gasteiger partial charge in [0.15, 0.2) is 5.84 Å². The third-order valence-electron chi connectivity index (χ3n) is 7.70. The minimum absolute atomic E-state index is 0.0614. The van der Waals surface area contributed by atoms with Crippen molar-refractivity contribution in [2.24, 2.45) is 22.7 Å². The number of halogens is 1. The van der Waals surface area contributed by atoms with Crippen molar-refractivity contribution in [3.05, 3.63) is 41.1 Å². The number of oxime groups is 1. The van der Waals surface area contributed by atoms with E-state index in [-0.39, 0.29) is 11.9 Å². The van der Waals surface area contributed by atoms with Gasteiger partial charge in [-0.2, -0.15) is 0 Å². The monoisotopic (exact) mass is 510 g/mol. The minimum Gasteiger partial charge on any atom is -0.409 e. The zero-order valence-electron chi connectivity index (χ0n) is 20.9. The molecule has 5 rings (SSSR count). The van der Waals surface area contributed by atoms with Crippen molar-refractivity contribution in [1.29, 1.82) is 0 Å². The Labute approximate surface area is 216 Å². The van der Waals surface area contributed by atoms with E-state index in [0.29, 0.717) is 34.9 Å². The second-order valence-electron chi connectivity index (χ2n) is 10.1. The first-order valence-electron chi connectivity index (χ1n) is 13.2. The molecule has 1 unspecified atom stereocenters. The summed E-state index contributed by atoms with van der Waals surface area (Å²) < 4.78 is 8.76. The molecule has 1 atom stereocenters. The fraction of sp³-hybridized carbons (Fsp3) is 0.556. The second-order valence-corrected chi connectivity index (χ2v) is 10.5. The topological polar surface area (TPSA) is 111 Å². The molecule has 0 aliphatic heterocycles. The lowest BCUT2D eigenvalue weighted by molar-refractivity contribution is 0.0114. The van der Waals surface area contributed by atoms with Gasteiger partial charge in [-0.15, -0.1) is 0 Å². The Balaban J connectivity index is 1.75. The first kappa shape index (κ1) is 25.0. The number of nitrogens with two attached hydrogens (primary N) is 1. The van der Waals surface area contributed by atoms with Gasteiger partial charge < -0.3 is 20.2 Å². The molecule has 36 heavy (non-hydrogen) atoms. The number of pyridine rings is 2. The van der Waals surface area contributed by atoms with Gasteiger partial charge in [0.25, 0.3) is 0 Å². The van der Waals surface area contributed by atoms with Gasteiger partial charge in [-0.25, -0.2) is 9.97 Å². The molecule has 0 saturated heterocycles. The van der Waals surface area contributed by atoms with E-state index in [1.807, 2.05) is 12.1 Å². The number of ether oxygens (including phenoxy) is 1. The van der Waals surface area contributed by atoms with Gasteiger partial charge in [0.05, 0.1) is 21.7 Å². The van der Waals surface area contributed by atoms with Gasteiger partial charge in [-0.1, -0.05) is 48.9 Å². The number of amidine groups is 1. The molecular weight excluding hydrogens is 476 g/mol. The third-order valence-corrected chi connectivity index (χ3v) is 7.90. The lowest BCUT2D eigenvalue weighted by Crippen LogP contribution is -2.22. The van der Waals surface area contributed by atoms with E-state index in [1.165, 1.54) is 44.9 Å². The van der Waals surface area contributed by atoms with Crippen LogP contribution in [0.1, 0.15) is 82.3 Å². The van der Waals surface area contributed by atoms with Crippen molar-refractivity contribution in [2.45, 2.75) is 77.4 Å². The maximum atomic E-state index is 9.39. The van der Waals surface area contributed by atoms with Gasteiger partial charge in [-0.05, 0) is 56.6 Å². The van der Waals surface area contributed by atoms with E-state index in [0.717, 1.165) is 41.8 Å². The molecule has 0 spiro atoms. The smallest absolute Gasteiger partial charge is 0.188 e. The van der Waals surface area contributed by atoms with E-state index in [2.05, 4.69) is 21.6 Å². The largest absolute Gasteiger partial charge is 0.409 e. The van der Waals surface area contributed by atoms with Crippen LogP contribution in [0.25, 0.3) is 22.3 Å². The molecule has 3 N–H and O–H groups in total. The fourth-order valence-electron chi connectivity index (χ4n) is 5.99. The molecule has 3 aromatic heterocycles. The van der Waals surface area contributed by atoms with Crippen molar-refractivity contribution >= 4 is 28.5 Å². The summed E-state index contributed by atoms with van der Waals surface area (Å²) in [5, 5.41) is 13.1. The van der Waals surface area contributed by atoms with Crippen LogP contribution < -0.4 is 5.73 Å². The highest BCUT2D eigenvalue weighted by molar-refractivity contribution is 6.30. The molecule has 3 heterocycles. The number of hydrogen-bond donors (Lipinski definition) is 2. The predicted octanol–water partition coefficient (Wildman–Crippen LogP) is 6.09. The first-order valence-corrected chi connectivity index (χ1v) is 13.6. The van der Waals surface area contributed by atoms with E-state index < -0.39 is 0 Å². The highest BCUT2D eigenvalue weighted by Gasteiger charge is 2.33. The van der Waals surface area contributed by atoms with E-state index in [4.69, 9.17) is 32.0 Å². The molecule has 2 aliphatic rings. The van der Waals surface area contributed by atoms with E-state index in [1.54, 1.807) is 12.4 Å². The molecule has 0 radical (unpaired) electrons. The van der Waals surface area contributed by atoms with Crippen LogP contribution in [0.4, 0.5) is 0 Å². The average molecular weight is 511 g/mol. The second kappa shape index (κ2) is 11.1. The van der Waals surface area contributed by atoms with Crippen LogP contribution in [0.5, 0.6) is 0 Å². The van der Waals surface area contributed by atoms with Crippen LogP contribution in [0, 0.1) is 11.8 Å². The van der Waals surface area contributed by atoms with Crippen LogP contribution in [-0.4, -0.2) is 37.2 Å². The molecule has 2 aliphatic carbocycles. The molecule has 0 amide bonds. The number of rotatable bonds is 8. The maximum Gasteiger partial charge on any atom is 0.188 e. The van der Waals surface area contributed by atoms with Crippen molar-refractivity contribution in [1.82, 2.24) is 19.5 Å². The normalized spacial score (nSPS) is 18.8. The molecule has 2 fully saturated rings. The highest BCUT2D eigenvalue weighted by Crippen LogP contribution is 2.41. The van der Waals surface area contributed by atoms with Crippen molar-refractivity contribution in [2.75, 3.05) is 6.61 Å². The molecular formula is C27H35ClN6O2. The summed E-state index contributed by atoms with van der Waals surface area (Å²) in [6.07, 6.45) is 14.3. The van der Waals surface area contributed by atoms with Crippen LogP contribution in [0.2, 0.25) is 5.02 Å². The summed E-state index contributed by atoms with van der Waals surface area (Å²) in [6.45, 7) is 3.55. The number of aromatic nitrogens is 4. The van der Waals surface area contributed by atoms with E-state index >= 15 is 0 Å². The third kappa shape index (κ3) is 5.06. The summed E-state index contributed by atoms with van der Waals surface area (Å²) in [5.74, 6) is 1.92. The number of hydrogen-bond acceptors (Lipinski definition) is 6. The van der Waals surface area contributed by atoms with Crippen molar-refractivity contribution < 1.29 is 9.94 Å². The molecule has 192 valence electrons. The van der Waals surface area contributed by atoms with Crippen LogP contribution in [-0.2, 0) is 11.3 Å². The molecule has 3 aromatic rings. The molecule has 0 bridgehead atoms. The lowest BCUT2D eigenvalue weighted by atomic mass is 9.89. The molecule has 0 aromatic carbocycles. The van der Waals surface area contributed by atoms with Crippen molar-refractivity contribution in [3.63, 3.8) is 0 Å². The van der Waals surface area contributed by atoms with Crippen LogP contribution >= 0.6 is 11.6 Å². The fourth-order valence-corrected chi connectivity index (χ4v) is 6.16. The van der Waals surface area contributed by atoms with Gasteiger partial charge in [0.1, 0.15) is 17.6 Å².